The van der Waals surface area contributed by atoms with E-state index in [0.717, 1.165) is 36.8 Å². The van der Waals surface area contributed by atoms with Gasteiger partial charge in [0.05, 0.1) is 18.7 Å². The molecule has 0 saturated heterocycles. The molecule has 1 saturated carbocycles. The maximum atomic E-state index is 13.2. The minimum Gasteiger partial charge on any atom is -0.495 e. The van der Waals surface area contributed by atoms with E-state index >= 15 is 0 Å². The highest BCUT2D eigenvalue weighted by Crippen LogP contribution is 2.35. The Bertz CT molecular complexity index is 1290. The van der Waals surface area contributed by atoms with Crippen molar-refractivity contribution in [3.63, 3.8) is 0 Å². The van der Waals surface area contributed by atoms with Crippen molar-refractivity contribution in [3.05, 3.63) is 47.7 Å². The first-order valence-electron chi connectivity index (χ1n) is 13.4. The van der Waals surface area contributed by atoms with Gasteiger partial charge in [-0.2, -0.15) is 5.10 Å². The summed E-state index contributed by atoms with van der Waals surface area (Å²) in [6, 6.07) is 9.27. The summed E-state index contributed by atoms with van der Waals surface area (Å²) in [6.07, 6.45) is 7.71. The molecule has 0 bridgehead atoms. The van der Waals surface area contributed by atoms with Crippen LogP contribution in [0, 0.1) is 5.92 Å². The molecule has 2 aromatic heterocycles. The number of Topliss-reactive ketones (excluding diaryl/α,β-unsaturated/α-hetero) is 1. The molecule has 208 valence electrons. The van der Waals surface area contributed by atoms with Gasteiger partial charge in [0.25, 0.3) is 0 Å². The summed E-state index contributed by atoms with van der Waals surface area (Å²) in [4.78, 5) is 37.3. The summed E-state index contributed by atoms with van der Waals surface area (Å²) in [7, 11) is 1.57. The van der Waals surface area contributed by atoms with Crippen LogP contribution in [-0.2, 0) is 16.1 Å². The number of methoxy groups -OCH3 is 1. The molecular weight excluding hydrogens is 516 g/mol. The Morgan fingerprint density at radius 2 is 1.87 bits per heavy atom. The molecule has 0 aliphatic heterocycles. The monoisotopic (exact) mass is 552 g/mol. The summed E-state index contributed by atoms with van der Waals surface area (Å²) < 4.78 is 7.14. The third kappa shape index (κ3) is 5.99. The van der Waals surface area contributed by atoms with Crippen LogP contribution in [0.25, 0.3) is 22.8 Å². The molecule has 1 atom stereocenters. The molecular formula is C29H37ClN6O3. The van der Waals surface area contributed by atoms with Gasteiger partial charge in [-0.15, -0.1) is 0 Å². The van der Waals surface area contributed by atoms with Crippen LogP contribution in [0.1, 0.15) is 52.9 Å². The number of carbonyl (C=O) groups is 2. The molecule has 1 aliphatic rings. The highest BCUT2D eigenvalue weighted by molar-refractivity contribution is 6.32. The fraction of sp³-hybridized carbons (Fsp3) is 0.483. The number of pyridine rings is 1. The summed E-state index contributed by atoms with van der Waals surface area (Å²) in [5.74, 6) is 1.03. The lowest BCUT2D eigenvalue weighted by atomic mass is 9.81. The van der Waals surface area contributed by atoms with Crippen molar-refractivity contribution in [3.8, 4) is 28.5 Å². The van der Waals surface area contributed by atoms with Crippen molar-refractivity contribution >= 4 is 23.3 Å². The number of primary amides is 1. The number of nitrogens with two attached hydrogens (primary N) is 1. The van der Waals surface area contributed by atoms with Gasteiger partial charge in [0.1, 0.15) is 5.75 Å². The molecule has 1 amide bonds. The molecule has 1 aromatic carbocycles. The van der Waals surface area contributed by atoms with Crippen molar-refractivity contribution in [1.82, 2.24) is 24.6 Å². The van der Waals surface area contributed by atoms with Crippen LogP contribution in [0.3, 0.4) is 0 Å². The Kier molecular flexibility index (Phi) is 9.02. The summed E-state index contributed by atoms with van der Waals surface area (Å²) in [5, 5.41) is 5.30. The number of benzene rings is 1. The van der Waals surface area contributed by atoms with E-state index in [-0.39, 0.29) is 17.7 Å². The normalized spacial score (nSPS) is 15.6. The largest absolute Gasteiger partial charge is 0.495 e. The van der Waals surface area contributed by atoms with Crippen LogP contribution in [0.2, 0.25) is 5.02 Å². The van der Waals surface area contributed by atoms with Crippen LogP contribution in [0.5, 0.6) is 5.75 Å². The molecule has 3 aromatic rings. The number of halogens is 1. The summed E-state index contributed by atoms with van der Waals surface area (Å²) >= 11 is 6.46. The van der Waals surface area contributed by atoms with Crippen LogP contribution in [0.15, 0.2) is 42.7 Å². The number of nitrogens with zero attached hydrogens (tertiary/aromatic N) is 5. The van der Waals surface area contributed by atoms with Crippen LogP contribution in [0.4, 0.5) is 0 Å². The zero-order chi connectivity index (χ0) is 28.2. The first-order chi connectivity index (χ1) is 18.7. The standard InChI is InChI=1S/C29H37ClN6O3/c1-19(2)18-29(20(3)37,28(31)38)35(23-7-5-6-8-23)15-16-36-27(22-9-10-25(39-4)24(30)17-22)33-26(34-36)21-11-13-32-14-12-21/h9-14,17,19,23H,5-8,15-16,18H2,1-4H3,(H2,31,38)/t29-/m1/s1. The number of amides is 1. The number of hydrogen-bond donors (Lipinski definition) is 1. The molecule has 0 spiro atoms. The third-order valence-corrected chi connectivity index (χ3v) is 7.82. The maximum absolute atomic E-state index is 13.2. The van der Waals surface area contributed by atoms with Gasteiger partial charge in [-0.3, -0.25) is 19.5 Å². The number of carbonyl (C=O) groups excluding carboxylic acids is 2. The quantitative estimate of drug-likeness (QED) is 0.321. The van der Waals surface area contributed by atoms with Crippen molar-refractivity contribution in [2.45, 2.75) is 71.0 Å². The van der Waals surface area contributed by atoms with Crippen molar-refractivity contribution in [2.75, 3.05) is 13.7 Å². The Labute approximate surface area is 234 Å². The molecule has 0 radical (unpaired) electrons. The van der Waals surface area contributed by atoms with Crippen molar-refractivity contribution in [1.29, 1.82) is 0 Å². The molecule has 1 aliphatic carbocycles. The first kappa shape index (κ1) is 28.7. The van der Waals surface area contributed by atoms with Crippen LogP contribution >= 0.6 is 11.6 Å². The lowest BCUT2D eigenvalue weighted by molar-refractivity contribution is -0.146. The Morgan fingerprint density at radius 3 is 2.44 bits per heavy atom. The van der Waals surface area contributed by atoms with Crippen molar-refractivity contribution in [2.24, 2.45) is 11.7 Å². The van der Waals surface area contributed by atoms with E-state index in [4.69, 9.17) is 32.2 Å². The fourth-order valence-corrected chi connectivity index (χ4v) is 5.97. The van der Waals surface area contributed by atoms with Gasteiger partial charge >= 0.3 is 0 Å². The molecule has 0 unspecified atom stereocenters. The smallest absolute Gasteiger partial charge is 0.245 e. The van der Waals surface area contributed by atoms with E-state index in [9.17, 15) is 9.59 Å². The third-order valence-electron chi connectivity index (χ3n) is 7.52. The lowest BCUT2D eigenvalue weighted by Gasteiger charge is -2.44. The second kappa shape index (κ2) is 12.3. The highest BCUT2D eigenvalue weighted by atomic mass is 35.5. The molecule has 10 heteroatoms. The predicted molar refractivity (Wildman–Crippen MR) is 151 cm³/mol. The maximum Gasteiger partial charge on any atom is 0.245 e. The van der Waals surface area contributed by atoms with E-state index in [1.807, 2.05) is 36.7 Å². The van der Waals surface area contributed by atoms with Gasteiger partial charge in [-0.05, 0) is 62.4 Å². The number of ketones is 1. The van der Waals surface area contributed by atoms with Gasteiger partial charge in [-0.25, -0.2) is 9.67 Å². The number of hydrogen-bond acceptors (Lipinski definition) is 7. The molecule has 4 rings (SSSR count). The molecule has 2 heterocycles. The van der Waals surface area contributed by atoms with Gasteiger partial charge in [0, 0.05) is 36.1 Å². The molecule has 9 nitrogen and oxygen atoms in total. The SMILES string of the molecule is COc1ccc(-c2nc(-c3ccncc3)nn2CCN(C2CCCC2)[C@](CC(C)C)(C(C)=O)C(N)=O)cc1Cl. The molecule has 39 heavy (non-hydrogen) atoms. The minimum atomic E-state index is -1.37. The topological polar surface area (TPSA) is 116 Å². The average Bonchev–Trinajstić information content (AvgIpc) is 3.59. The second-order valence-electron chi connectivity index (χ2n) is 10.6. The van der Waals surface area contributed by atoms with E-state index < -0.39 is 11.4 Å². The van der Waals surface area contributed by atoms with Gasteiger partial charge in [-0.1, -0.05) is 38.3 Å². The van der Waals surface area contributed by atoms with E-state index in [1.54, 1.807) is 31.6 Å². The number of rotatable bonds is 12. The average molecular weight is 553 g/mol. The summed E-state index contributed by atoms with van der Waals surface area (Å²) in [5.41, 5.74) is 6.26. The Morgan fingerprint density at radius 1 is 1.18 bits per heavy atom. The van der Waals surface area contributed by atoms with E-state index in [2.05, 4.69) is 9.88 Å². The van der Waals surface area contributed by atoms with E-state index in [1.165, 1.54) is 6.92 Å². The van der Waals surface area contributed by atoms with Gasteiger partial charge in [0.15, 0.2) is 23.0 Å². The highest BCUT2D eigenvalue weighted by Gasteiger charge is 2.50. The summed E-state index contributed by atoms with van der Waals surface area (Å²) in [6.45, 7) is 6.32. The zero-order valence-corrected chi connectivity index (χ0v) is 23.8. The van der Waals surface area contributed by atoms with Crippen LogP contribution in [-0.4, -0.2) is 61.6 Å². The Hall–Kier alpha value is -3.30. The van der Waals surface area contributed by atoms with Gasteiger partial charge in [0.2, 0.25) is 5.91 Å². The predicted octanol–water partition coefficient (Wildman–Crippen LogP) is 4.77. The van der Waals surface area contributed by atoms with Crippen LogP contribution < -0.4 is 10.5 Å². The molecule has 1 fully saturated rings. The molecule has 2 N–H and O–H groups in total. The van der Waals surface area contributed by atoms with Crippen molar-refractivity contribution < 1.29 is 14.3 Å². The second-order valence-corrected chi connectivity index (χ2v) is 11.0. The minimum absolute atomic E-state index is 0.0854. The van der Waals surface area contributed by atoms with E-state index in [0.29, 0.717) is 41.9 Å². The lowest BCUT2D eigenvalue weighted by Crippen LogP contribution is -2.65. The zero-order valence-electron chi connectivity index (χ0n) is 23.1. The fourth-order valence-electron chi connectivity index (χ4n) is 5.71. The first-order valence-corrected chi connectivity index (χ1v) is 13.8. The van der Waals surface area contributed by atoms with Gasteiger partial charge < -0.3 is 10.5 Å². The number of ether oxygens (including phenoxy) is 1. The Balaban J connectivity index is 1.77. The number of aromatic nitrogens is 4.